The van der Waals surface area contributed by atoms with E-state index < -0.39 is 44.8 Å². The first-order valence-electron chi connectivity index (χ1n) is 5.59. The molecule has 0 fully saturated rings. The third kappa shape index (κ3) is 3.39. The fraction of sp³-hybridized carbons (Fsp3) is 0.545. The molecule has 9 nitrogen and oxygen atoms in total. The van der Waals surface area contributed by atoms with Crippen molar-refractivity contribution in [3.8, 4) is 0 Å². The van der Waals surface area contributed by atoms with Gasteiger partial charge in [0.1, 0.15) is 0 Å². The number of ether oxygens (including phenoxy) is 1. The van der Waals surface area contributed by atoms with Crippen molar-refractivity contribution < 1.29 is 42.3 Å². The van der Waals surface area contributed by atoms with Gasteiger partial charge in [0.25, 0.3) is 10.1 Å². The highest BCUT2D eigenvalue weighted by atomic mass is 32.2. The molecule has 0 amide bonds. The lowest BCUT2D eigenvalue weighted by atomic mass is 9.88. The number of carboxylic acid groups (broad SMARTS) is 2. The lowest BCUT2D eigenvalue weighted by Gasteiger charge is -2.34. The van der Waals surface area contributed by atoms with Gasteiger partial charge in [-0.2, -0.15) is 8.42 Å². The average molecular weight is 324 g/mol. The van der Waals surface area contributed by atoms with Crippen LogP contribution in [-0.2, 0) is 29.2 Å². The minimum atomic E-state index is -5.43. The van der Waals surface area contributed by atoms with Crippen molar-refractivity contribution in [1.82, 2.24) is 0 Å². The van der Waals surface area contributed by atoms with Crippen molar-refractivity contribution >= 4 is 28.0 Å². The van der Waals surface area contributed by atoms with Crippen LogP contribution in [0, 0.1) is 5.92 Å². The van der Waals surface area contributed by atoms with Gasteiger partial charge in [-0.25, -0.2) is 9.59 Å². The summed E-state index contributed by atoms with van der Waals surface area (Å²) < 4.78 is 33.5. The molecule has 120 valence electrons. The summed E-state index contributed by atoms with van der Waals surface area (Å²) in [6.45, 7) is 6.46. The fourth-order valence-corrected chi connectivity index (χ4v) is 2.97. The molecule has 21 heavy (non-hydrogen) atoms. The highest BCUT2D eigenvalue weighted by molar-refractivity contribution is 7.88. The van der Waals surface area contributed by atoms with Gasteiger partial charge in [0.2, 0.25) is 10.9 Å². The van der Waals surface area contributed by atoms with E-state index in [9.17, 15) is 32.5 Å². The number of hydrogen-bond donors (Lipinski definition) is 3. The first-order chi connectivity index (χ1) is 9.30. The number of rotatable bonds is 7. The Kier molecular flexibility index (Phi) is 5.65. The van der Waals surface area contributed by atoms with Crippen molar-refractivity contribution in [3.63, 3.8) is 0 Å². The molecule has 0 spiro atoms. The van der Waals surface area contributed by atoms with Gasteiger partial charge in [-0.15, -0.1) is 0 Å². The third-order valence-corrected chi connectivity index (χ3v) is 4.52. The number of carbonyl (C=O) groups is 3. The lowest BCUT2D eigenvalue weighted by Crippen LogP contribution is -2.63. The maximum absolute atomic E-state index is 11.5. The van der Waals surface area contributed by atoms with E-state index in [1.807, 2.05) is 0 Å². The molecule has 0 bridgehead atoms. The fourth-order valence-electron chi connectivity index (χ4n) is 1.73. The number of aliphatic carboxylic acids is 2. The summed E-state index contributed by atoms with van der Waals surface area (Å²) in [4.78, 5) is 34.0. The number of carboxylic acids is 2. The first-order valence-corrected chi connectivity index (χ1v) is 7.03. The highest BCUT2D eigenvalue weighted by Crippen LogP contribution is 2.33. The van der Waals surface area contributed by atoms with E-state index in [2.05, 4.69) is 11.3 Å². The summed E-state index contributed by atoms with van der Waals surface area (Å²) in [6.07, 6.45) is -2.64. The maximum atomic E-state index is 11.5. The van der Waals surface area contributed by atoms with E-state index in [4.69, 9.17) is 5.11 Å². The second-order valence-electron chi connectivity index (χ2n) is 4.63. The Hall–Kier alpha value is -1.94. The predicted octanol–water partition coefficient (Wildman–Crippen LogP) is -0.0739. The first kappa shape index (κ1) is 19.1. The minimum Gasteiger partial charge on any atom is -0.480 e. The second-order valence-corrected chi connectivity index (χ2v) is 6.26. The van der Waals surface area contributed by atoms with Gasteiger partial charge in [-0.3, -0.25) is 9.35 Å². The van der Waals surface area contributed by atoms with Gasteiger partial charge in [0, 0.05) is 5.57 Å². The predicted molar refractivity (Wildman–Crippen MR) is 69.1 cm³/mol. The van der Waals surface area contributed by atoms with E-state index in [1.165, 1.54) is 0 Å². The van der Waals surface area contributed by atoms with Gasteiger partial charge < -0.3 is 14.9 Å². The monoisotopic (exact) mass is 324 g/mol. The molecule has 0 aromatic carbocycles. The zero-order chi connectivity index (χ0) is 17.2. The zero-order valence-electron chi connectivity index (χ0n) is 11.6. The smallest absolute Gasteiger partial charge is 0.347 e. The summed E-state index contributed by atoms with van der Waals surface area (Å²) in [7, 11) is -5.43. The number of hydrogen-bond acceptors (Lipinski definition) is 6. The molecule has 3 N–H and O–H groups in total. The topological polar surface area (TPSA) is 155 Å². The molecular weight excluding hydrogens is 308 g/mol. The van der Waals surface area contributed by atoms with Crippen molar-refractivity contribution in [2.24, 2.45) is 5.92 Å². The van der Waals surface area contributed by atoms with Crippen LogP contribution in [0.3, 0.4) is 0 Å². The number of carbonyl (C=O) groups excluding carboxylic acids is 1. The Morgan fingerprint density at radius 3 is 1.81 bits per heavy atom. The Morgan fingerprint density at radius 2 is 1.62 bits per heavy atom. The molecule has 0 rings (SSSR count). The van der Waals surface area contributed by atoms with Crippen LogP contribution in [0.15, 0.2) is 12.2 Å². The van der Waals surface area contributed by atoms with Crippen LogP contribution in [0.5, 0.6) is 0 Å². The number of esters is 1. The van der Waals surface area contributed by atoms with Gasteiger partial charge >= 0.3 is 17.9 Å². The van der Waals surface area contributed by atoms with Crippen LogP contribution in [0.25, 0.3) is 0 Å². The Morgan fingerprint density at radius 1 is 1.19 bits per heavy atom. The molecule has 0 aromatic rings. The van der Waals surface area contributed by atoms with E-state index in [1.54, 1.807) is 0 Å². The Bertz CT molecular complexity index is 575. The molecule has 2 unspecified atom stereocenters. The molecule has 0 saturated carbocycles. The van der Waals surface area contributed by atoms with Crippen molar-refractivity contribution in [2.45, 2.75) is 31.6 Å². The maximum Gasteiger partial charge on any atom is 0.347 e. The summed E-state index contributed by atoms with van der Waals surface area (Å²) in [5.74, 6) is -6.89. The van der Waals surface area contributed by atoms with Crippen LogP contribution in [0.4, 0.5) is 0 Å². The quantitative estimate of drug-likeness (QED) is 0.331. The average Bonchev–Trinajstić information content (AvgIpc) is 2.24. The molecular formula is C11H16O9S. The summed E-state index contributed by atoms with van der Waals surface area (Å²) >= 11 is 0. The minimum absolute atomic E-state index is 0.264. The molecule has 0 aliphatic rings. The van der Waals surface area contributed by atoms with Gasteiger partial charge in [-0.05, 0) is 12.8 Å². The van der Waals surface area contributed by atoms with Crippen LogP contribution in [0.2, 0.25) is 0 Å². The van der Waals surface area contributed by atoms with E-state index >= 15 is 0 Å². The molecule has 0 aliphatic heterocycles. The molecule has 0 aliphatic carbocycles. The zero-order valence-corrected chi connectivity index (χ0v) is 12.4. The summed E-state index contributed by atoms with van der Waals surface area (Å²) in [6, 6.07) is 0. The lowest BCUT2D eigenvalue weighted by molar-refractivity contribution is -0.170. The normalized spacial score (nSPS) is 15.9. The molecule has 2 atom stereocenters. The van der Waals surface area contributed by atoms with Crippen molar-refractivity contribution in [1.29, 1.82) is 0 Å². The van der Waals surface area contributed by atoms with Gasteiger partial charge in [-0.1, -0.05) is 20.4 Å². The molecule has 0 aromatic heterocycles. The largest absolute Gasteiger partial charge is 0.480 e. The standard InChI is InChI=1S/C11H16O9S/c1-5(2)9(14)20-7(8(12)13)11(6(3)4,10(15)16)21(17,18)19/h6-7H,1H2,2-4H3,(H,12,13)(H,15,16)(H,17,18,19). The molecule has 0 radical (unpaired) electrons. The molecule has 10 heteroatoms. The highest BCUT2D eigenvalue weighted by Gasteiger charge is 2.64. The van der Waals surface area contributed by atoms with Crippen LogP contribution < -0.4 is 0 Å². The van der Waals surface area contributed by atoms with Crippen molar-refractivity contribution in [3.05, 3.63) is 12.2 Å². The summed E-state index contributed by atoms with van der Waals surface area (Å²) in [5.41, 5.74) is -0.264. The van der Waals surface area contributed by atoms with E-state index in [0.29, 0.717) is 0 Å². The van der Waals surface area contributed by atoms with Crippen LogP contribution in [0.1, 0.15) is 20.8 Å². The molecule has 0 saturated heterocycles. The third-order valence-electron chi connectivity index (χ3n) is 2.81. The van der Waals surface area contributed by atoms with Crippen LogP contribution >= 0.6 is 0 Å². The second kappa shape index (κ2) is 6.22. The molecule has 0 heterocycles. The Labute approximate surface area is 121 Å². The Balaban J connectivity index is 6.33. The summed E-state index contributed by atoms with van der Waals surface area (Å²) in [5, 5.41) is 18.2. The van der Waals surface area contributed by atoms with E-state index in [-0.39, 0.29) is 5.57 Å². The van der Waals surface area contributed by atoms with E-state index in [0.717, 1.165) is 20.8 Å². The van der Waals surface area contributed by atoms with Crippen molar-refractivity contribution in [2.75, 3.05) is 0 Å². The van der Waals surface area contributed by atoms with Gasteiger partial charge in [0.15, 0.2) is 0 Å². The SMILES string of the molecule is C=C(C)C(=O)OC(C(=O)O)C(C(=O)O)(C(C)C)S(=O)(=O)O. The van der Waals surface area contributed by atoms with Crippen LogP contribution in [-0.4, -0.2) is 51.9 Å². The van der Waals surface area contributed by atoms with Gasteiger partial charge in [0.05, 0.1) is 0 Å².